The highest BCUT2D eigenvalue weighted by Crippen LogP contribution is 2.30. The number of carbonyl (C=O) groups excluding carboxylic acids is 1. The average molecular weight is 243 g/mol. The van der Waals surface area contributed by atoms with Crippen molar-refractivity contribution in [2.45, 2.75) is 65.2 Å². The molecule has 1 rings (SSSR count). The first-order chi connectivity index (χ1) is 7.59. The van der Waals surface area contributed by atoms with Crippen LogP contribution in [0.25, 0.3) is 0 Å². The molecule has 17 heavy (non-hydrogen) atoms. The lowest BCUT2D eigenvalue weighted by Gasteiger charge is -2.33. The van der Waals surface area contributed by atoms with Gasteiger partial charge in [-0.2, -0.15) is 0 Å². The van der Waals surface area contributed by atoms with Crippen LogP contribution in [0, 0.1) is 5.41 Å². The molecule has 0 saturated carbocycles. The molecule has 0 aliphatic carbocycles. The van der Waals surface area contributed by atoms with Crippen LogP contribution in [0.1, 0.15) is 47.5 Å². The van der Waals surface area contributed by atoms with Gasteiger partial charge < -0.3 is 15.2 Å². The van der Waals surface area contributed by atoms with E-state index >= 15 is 0 Å². The third-order valence-corrected chi connectivity index (χ3v) is 2.73. The number of rotatable bonds is 3. The van der Waals surface area contributed by atoms with Crippen LogP contribution < -0.4 is 5.32 Å². The number of hydrogen-bond acceptors (Lipinski definition) is 4. The monoisotopic (exact) mass is 243 g/mol. The molecule has 4 heteroatoms. The number of β-amino-alcohol motifs (C(OH)–C–C–N with tert-alkyl or cyclic N) is 1. The summed E-state index contributed by atoms with van der Waals surface area (Å²) in [5.41, 5.74) is -0.350. The zero-order chi connectivity index (χ0) is 13.3. The normalized spacial score (nSPS) is 26.0. The summed E-state index contributed by atoms with van der Waals surface area (Å²) in [4.78, 5) is 11.9. The van der Waals surface area contributed by atoms with E-state index in [-0.39, 0.29) is 17.4 Å². The Balaban J connectivity index is 2.50. The van der Waals surface area contributed by atoms with Gasteiger partial charge in [0.15, 0.2) is 0 Å². The molecule has 1 aliphatic rings. The molecule has 0 aromatic rings. The molecule has 0 unspecified atom stereocenters. The molecule has 1 aliphatic heterocycles. The molecule has 0 amide bonds. The summed E-state index contributed by atoms with van der Waals surface area (Å²) in [6, 6.07) is -0.357. The van der Waals surface area contributed by atoms with E-state index in [1.165, 1.54) is 0 Å². The van der Waals surface area contributed by atoms with Crippen LogP contribution in [0.4, 0.5) is 0 Å². The third-order valence-electron chi connectivity index (χ3n) is 2.73. The molecule has 1 saturated heterocycles. The summed E-state index contributed by atoms with van der Waals surface area (Å²) >= 11 is 0. The standard InChI is InChI=1S/C13H25NO3/c1-12(2,3)8-13(4,5)17-11(16)10-6-9(15)7-14-10/h9-10,14-15H,6-8H2,1-5H3/t9-,10-/m1/s1. The quantitative estimate of drug-likeness (QED) is 0.737. The Hall–Kier alpha value is -0.610. The minimum Gasteiger partial charge on any atom is -0.458 e. The largest absolute Gasteiger partial charge is 0.458 e. The number of aliphatic hydroxyl groups is 1. The Morgan fingerprint density at radius 3 is 2.35 bits per heavy atom. The second-order valence-electron chi connectivity index (χ2n) is 6.77. The van der Waals surface area contributed by atoms with Crippen molar-refractivity contribution in [2.24, 2.45) is 5.41 Å². The molecule has 1 heterocycles. The first kappa shape index (κ1) is 14.5. The van der Waals surface area contributed by atoms with Gasteiger partial charge in [-0.05, 0) is 25.7 Å². The highest BCUT2D eigenvalue weighted by molar-refractivity contribution is 5.76. The minimum absolute atomic E-state index is 0.117. The number of nitrogens with one attached hydrogen (secondary N) is 1. The van der Waals surface area contributed by atoms with Gasteiger partial charge in [0.05, 0.1) is 6.10 Å². The molecule has 2 atom stereocenters. The van der Waals surface area contributed by atoms with Crippen LogP contribution in [-0.2, 0) is 9.53 Å². The van der Waals surface area contributed by atoms with Crippen LogP contribution >= 0.6 is 0 Å². The van der Waals surface area contributed by atoms with Crippen molar-refractivity contribution in [2.75, 3.05) is 6.54 Å². The SMILES string of the molecule is CC(C)(C)CC(C)(C)OC(=O)[C@H]1C[C@@H](O)CN1. The number of carbonyl (C=O) groups is 1. The molecule has 0 aromatic carbocycles. The van der Waals surface area contributed by atoms with Crippen molar-refractivity contribution in [3.8, 4) is 0 Å². The Kier molecular flexibility index (Phi) is 4.20. The maximum Gasteiger partial charge on any atom is 0.323 e. The van der Waals surface area contributed by atoms with E-state index in [4.69, 9.17) is 4.74 Å². The van der Waals surface area contributed by atoms with E-state index in [2.05, 4.69) is 26.1 Å². The molecule has 2 N–H and O–H groups in total. The first-order valence-corrected chi connectivity index (χ1v) is 6.23. The second kappa shape index (κ2) is 4.94. The van der Waals surface area contributed by atoms with Gasteiger partial charge in [-0.3, -0.25) is 4.79 Å². The number of hydrogen-bond donors (Lipinski definition) is 2. The van der Waals surface area contributed by atoms with Crippen molar-refractivity contribution in [3.05, 3.63) is 0 Å². The van der Waals surface area contributed by atoms with Crippen molar-refractivity contribution in [1.29, 1.82) is 0 Å². The lowest BCUT2D eigenvalue weighted by atomic mass is 9.83. The fraction of sp³-hybridized carbons (Fsp3) is 0.923. The maximum atomic E-state index is 11.9. The van der Waals surface area contributed by atoms with Gasteiger partial charge in [0.1, 0.15) is 11.6 Å². The van der Waals surface area contributed by atoms with E-state index < -0.39 is 11.7 Å². The summed E-state index contributed by atoms with van der Waals surface area (Å²) < 4.78 is 5.53. The predicted octanol–water partition coefficient (Wildman–Crippen LogP) is 1.47. The third kappa shape index (κ3) is 5.04. The molecule has 4 nitrogen and oxygen atoms in total. The smallest absolute Gasteiger partial charge is 0.323 e. The van der Waals surface area contributed by atoms with E-state index in [0.717, 1.165) is 6.42 Å². The minimum atomic E-state index is -0.468. The van der Waals surface area contributed by atoms with Crippen LogP contribution in [0.3, 0.4) is 0 Å². The van der Waals surface area contributed by atoms with E-state index in [9.17, 15) is 9.90 Å². The molecule has 0 spiro atoms. The van der Waals surface area contributed by atoms with Crippen molar-refractivity contribution in [1.82, 2.24) is 5.32 Å². The molecular weight excluding hydrogens is 218 g/mol. The van der Waals surface area contributed by atoms with Crippen molar-refractivity contribution < 1.29 is 14.6 Å². The Bertz CT molecular complexity index is 281. The second-order valence-corrected chi connectivity index (χ2v) is 6.77. The molecule has 0 aromatic heterocycles. The van der Waals surface area contributed by atoms with Gasteiger partial charge in [0, 0.05) is 13.0 Å². The zero-order valence-electron chi connectivity index (χ0n) is 11.5. The molecular formula is C13H25NO3. The Labute approximate surface area is 104 Å². The summed E-state index contributed by atoms with van der Waals surface area (Å²) in [6.07, 6.45) is 0.823. The van der Waals surface area contributed by atoms with Gasteiger partial charge in [-0.15, -0.1) is 0 Å². The van der Waals surface area contributed by atoms with Gasteiger partial charge in [-0.25, -0.2) is 0 Å². The van der Waals surface area contributed by atoms with E-state index in [1.54, 1.807) is 0 Å². The van der Waals surface area contributed by atoms with Gasteiger partial charge in [0.2, 0.25) is 0 Å². The van der Waals surface area contributed by atoms with Crippen molar-refractivity contribution in [3.63, 3.8) is 0 Å². The summed E-state index contributed by atoms with van der Waals surface area (Å²) in [6.45, 7) is 10.7. The first-order valence-electron chi connectivity index (χ1n) is 6.23. The number of aliphatic hydroxyl groups excluding tert-OH is 1. The topological polar surface area (TPSA) is 58.6 Å². The van der Waals surface area contributed by atoms with Crippen LogP contribution in [-0.4, -0.2) is 35.4 Å². The Morgan fingerprint density at radius 1 is 1.35 bits per heavy atom. The van der Waals surface area contributed by atoms with Crippen LogP contribution in [0.2, 0.25) is 0 Å². The fourth-order valence-electron chi connectivity index (χ4n) is 2.55. The highest BCUT2D eigenvalue weighted by Gasteiger charge is 2.35. The lowest BCUT2D eigenvalue weighted by molar-refractivity contribution is -0.161. The van der Waals surface area contributed by atoms with Crippen LogP contribution in [0.15, 0.2) is 0 Å². The summed E-state index contributed by atoms with van der Waals surface area (Å²) in [5, 5.41) is 12.3. The molecule has 0 bridgehead atoms. The number of ether oxygens (including phenoxy) is 1. The predicted molar refractivity (Wildman–Crippen MR) is 66.7 cm³/mol. The summed E-state index contributed by atoms with van der Waals surface area (Å²) in [7, 11) is 0. The van der Waals surface area contributed by atoms with Gasteiger partial charge >= 0.3 is 5.97 Å². The molecule has 100 valence electrons. The average Bonchev–Trinajstić information content (AvgIpc) is 2.45. The zero-order valence-corrected chi connectivity index (χ0v) is 11.5. The van der Waals surface area contributed by atoms with Gasteiger partial charge in [0.25, 0.3) is 0 Å². The lowest BCUT2D eigenvalue weighted by Crippen LogP contribution is -2.40. The highest BCUT2D eigenvalue weighted by atomic mass is 16.6. The Morgan fingerprint density at radius 2 is 1.94 bits per heavy atom. The maximum absolute atomic E-state index is 11.9. The van der Waals surface area contributed by atoms with E-state index in [1.807, 2.05) is 13.8 Å². The number of esters is 1. The van der Waals surface area contributed by atoms with Crippen LogP contribution in [0.5, 0.6) is 0 Å². The van der Waals surface area contributed by atoms with Gasteiger partial charge in [-0.1, -0.05) is 20.8 Å². The molecule has 0 radical (unpaired) electrons. The van der Waals surface area contributed by atoms with Crippen molar-refractivity contribution >= 4 is 5.97 Å². The fourth-order valence-corrected chi connectivity index (χ4v) is 2.55. The summed E-state index contributed by atoms with van der Waals surface area (Å²) in [5.74, 6) is -0.254. The molecule has 1 fully saturated rings. The van der Waals surface area contributed by atoms with E-state index in [0.29, 0.717) is 13.0 Å².